The maximum absolute atomic E-state index is 2.64. The van der Waals surface area contributed by atoms with E-state index in [2.05, 4.69) is 241 Å². The molecule has 0 fully saturated rings. The molecule has 0 saturated carbocycles. The SMILES string of the molecule is Cc1ccc2c(c1)c1cc(C)cc3c4cc5c(-c6c(C(C)(C)C)cccc6C(C)(C)C)c6cc7c(cc6c(-c6c(C(C)(C)C)cccc6C(C)(C)C)c5cc4n2c13)c1cc(C)cc2c3cc(C)ccc3n7c21. The number of nitrogens with zero attached hydrogens (tertiary/aromatic N) is 2. The third kappa shape index (κ3) is 6.14. The predicted octanol–water partition coefficient (Wildman–Crippen LogP) is 20.1. The van der Waals surface area contributed by atoms with Gasteiger partial charge in [0.2, 0.25) is 0 Å². The van der Waals surface area contributed by atoms with Gasteiger partial charge in [0.1, 0.15) is 0 Å². The van der Waals surface area contributed by atoms with Crippen LogP contribution in [0.3, 0.4) is 0 Å². The molecule has 0 aliphatic carbocycles. The Morgan fingerprint density at radius 1 is 0.250 bits per heavy atom. The average Bonchev–Trinajstić information content (AvgIpc) is 3.99. The van der Waals surface area contributed by atoms with E-state index in [9.17, 15) is 0 Å². The second-order valence-corrected chi connectivity index (χ2v) is 26.2. The topological polar surface area (TPSA) is 8.82 Å². The summed E-state index contributed by atoms with van der Waals surface area (Å²) in [5.41, 5.74) is 23.2. The fourth-order valence-electron chi connectivity index (χ4n) is 13.5. The predicted molar refractivity (Wildman–Crippen MR) is 315 cm³/mol. The van der Waals surface area contributed by atoms with Gasteiger partial charge in [-0.05, 0) is 199 Å². The first-order valence-corrected chi connectivity index (χ1v) is 26.4. The maximum atomic E-state index is 2.64. The van der Waals surface area contributed by atoms with Crippen molar-refractivity contribution in [2.24, 2.45) is 0 Å². The first-order chi connectivity index (χ1) is 33.9. The Balaban J connectivity index is 1.39. The zero-order chi connectivity index (χ0) is 50.6. The molecule has 0 spiro atoms. The van der Waals surface area contributed by atoms with Crippen molar-refractivity contribution >= 4 is 97.7 Å². The van der Waals surface area contributed by atoms with Crippen LogP contribution < -0.4 is 0 Å². The Bertz CT molecular complexity index is 4140. The molecule has 0 bridgehead atoms. The van der Waals surface area contributed by atoms with Crippen molar-refractivity contribution in [2.45, 2.75) is 132 Å². The maximum Gasteiger partial charge on any atom is 0.0620 e. The van der Waals surface area contributed by atoms with Crippen LogP contribution in [0.1, 0.15) is 128 Å². The minimum Gasteiger partial charge on any atom is -0.308 e. The number of hydrogen-bond acceptors (Lipinski definition) is 0. The smallest absolute Gasteiger partial charge is 0.0620 e. The van der Waals surface area contributed by atoms with Crippen LogP contribution in [0, 0.1) is 27.7 Å². The van der Waals surface area contributed by atoms with Crippen LogP contribution >= 0.6 is 0 Å². The summed E-state index contributed by atoms with van der Waals surface area (Å²) in [6.07, 6.45) is 0. The molecule has 0 aliphatic heterocycles. The molecule has 2 nitrogen and oxygen atoms in total. The highest BCUT2D eigenvalue weighted by molar-refractivity contribution is 6.32. The molecular formula is C70H68N2. The molecule has 4 heterocycles. The van der Waals surface area contributed by atoms with Crippen LogP contribution in [-0.2, 0) is 21.7 Å². The molecule has 0 unspecified atom stereocenters. The summed E-state index contributed by atoms with van der Waals surface area (Å²) in [4.78, 5) is 0. The molecule has 0 amide bonds. The van der Waals surface area contributed by atoms with Gasteiger partial charge in [0.25, 0.3) is 0 Å². The summed E-state index contributed by atoms with van der Waals surface area (Å²) in [6, 6.07) is 48.8. The van der Waals surface area contributed by atoms with Crippen LogP contribution in [0.2, 0.25) is 0 Å². The number of fused-ring (bicyclic) bond motifs is 14. The average molecular weight is 937 g/mol. The van der Waals surface area contributed by atoms with Crippen molar-refractivity contribution in [2.75, 3.05) is 0 Å². The van der Waals surface area contributed by atoms with Gasteiger partial charge in [-0.15, -0.1) is 0 Å². The van der Waals surface area contributed by atoms with Gasteiger partial charge in [0.15, 0.2) is 0 Å². The number of hydrogen-bond donors (Lipinski definition) is 0. The molecule has 0 radical (unpaired) electrons. The second-order valence-electron chi connectivity index (χ2n) is 26.2. The second kappa shape index (κ2) is 14.4. The number of aromatic nitrogens is 2. The Morgan fingerprint density at radius 2 is 0.528 bits per heavy atom. The molecule has 13 rings (SSSR count). The molecule has 0 atom stereocenters. The highest BCUT2D eigenvalue weighted by Crippen LogP contribution is 2.55. The number of rotatable bonds is 2. The van der Waals surface area contributed by atoms with Crippen molar-refractivity contribution in [1.82, 2.24) is 8.80 Å². The number of benzene rings is 9. The zero-order valence-electron chi connectivity index (χ0n) is 45.4. The standard InChI is InChI=1S/C70H68N2/c1-37-23-25-57-41(27-37)49-29-39(3)31-51-43-33-45-47(35-59(43)71(57)65(49)51)61(63-53(67(5,6)7)19-17-20-54(63)68(8,9)10)46-34-44-52-32-40(4)30-50-42-28-38(2)24-26-58(42)72(66(50)52)60(44)36-48(46)62(45)64-55(69(11,12)13)21-18-22-56(64)70(14,15)16/h17-36H,1-16H3. The number of aryl methyl sites for hydroxylation is 4. The van der Waals surface area contributed by atoms with Crippen molar-refractivity contribution in [3.05, 3.63) is 166 Å². The van der Waals surface area contributed by atoms with E-state index in [1.54, 1.807) is 0 Å². The third-order valence-electron chi connectivity index (χ3n) is 16.6. The van der Waals surface area contributed by atoms with Gasteiger partial charge in [-0.1, -0.05) is 143 Å². The van der Waals surface area contributed by atoms with Gasteiger partial charge < -0.3 is 8.80 Å². The van der Waals surface area contributed by atoms with Gasteiger partial charge in [0.05, 0.1) is 33.1 Å². The lowest BCUT2D eigenvalue weighted by molar-refractivity contribution is 0.571. The van der Waals surface area contributed by atoms with Crippen LogP contribution in [0.4, 0.5) is 0 Å². The molecule has 0 aliphatic rings. The lowest BCUT2D eigenvalue weighted by atomic mass is 9.70. The van der Waals surface area contributed by atoms with Crippen LogP contribution in [0.25, 0.3) is 120 Å². The normalized spacial score (nSPS) is 13.6. The lowest BCUT2D eigenvalue weighted by Gasteiger charge is -2.33. The van der Waals surface area contributed by atoms with E-state index in [-0.39, 0.29) is 21.7 Å². The summed E-state index contributed by atoms with van der Waals surface area (Å²) in [5, 5.41) is 15.8. The molecule has 358 valence electrons. The summed E-state index contributed by atoms with van der Waals surface area (Å²) >= 11 is 0. The van der Waals surface area contributed by atoms with Crippen molar-refractivity contribution < 1.29 is 0 Å². The van der Waals surface area contributed by atoms with Gasteiger partial charge in [-0.3, -0.25) is 0 Å². The third-order valence-corrected chi connectivity index (χ3v) is 16.6. The van der Waals surface area contributed by atoms with E-state index >= 15 is 0 Å². The van der Waals surface area contributed by atoms with E-state index in [1.165, 1.54) is 164 Å². The van der Waals surface area contributed by atoms with Crippen LogP contribution in [0.15, 0.2) is 121 Å². The first-order valence-electron chi connectivity index (χ1n) is 26.4. The lowest BCUT2D eigenvalue weighted by Crippen LogP contribution is -2.20. The Labute approximate surface area is 424 Å². The van der Waals surface area contributed by atoms with Gasteiger partial charge in [-0.25, -0.2) is 0 Å². The largest absolute Gasteiger partial charge is 0.308 e. The Kier molecular flexibility index (Phi) is 9.00. The van der Waals surface area contributed by atoms with E-state index in [1.807, 2.05) is 0 Å². The highest BCUT2D eigenvalue weighted by atomic mass is 14.9. The van der Waals surface area contributed by atoms with E-state index < -0.39 is 0 Å². The molecular weight excluding hydrogens is 869 g/mol. The molecule has 72 heavy (non-hydrogen) atoms. The van der Waals surface area contributed by atoms with Gasteiger partial charge in [0, 0.05) is 43.1 Å². The van der Waals surface area contributed by atoms with Crippen molar-refractivity contribution in [3.8, 4) is 22.3 Å². The molecule has 2 heteroatoms. The Morgan fingerprint density at radius 3 is 0.833 bits per heavy atom. The monoisotopic (exact) mass is 937 g/mol. The summed E-state index contributed by atoms with van der Waals surface area (Å²) in [7, 11) is 0. The van der Waals surface area contributed by atoms with Gasteiger partial charge in [-0.2, -0.15) is 0 Å². The minimum absolute atomic E-state index is 0.147. The molecule has 13 aromatic rings. The quantitative estimate of drug-likeness (QED) is 0.153. The summed E-state index contributed by atoms with van der Waals surface area (Å²) < 4.78 is 5.22. The van der Waals surface area contributed by atoms with E-state index in [4.69, 9.17) is 0 Å². The van der Waals surface area contributed by atoms with Gasteiger partial charge >= 0.3 is 0 Å². The first kappa shape index (κ1) is 45.0. The molecule has 0 saturated heterocycles. The molecule has 9 aromatic carbocycles. The molecule has 0 N–H and O–H groups in total. The fourth-order valence-corrected chi connectivity index (χ4v) is 13.5. The highest BCUT2D eigenvalue weighted by Gasteiger charge is 2.34. The van der Waals surface area contributed by atoms with Crippen molar-refractivity contribution in [1.29, 1.82) is 0 Å². The fraction of sp³-hybridized carbons (Fsp3) is 0.286. The van der Waals surface area contributed by atoms with Crippen LogP contribution in [-0.4, -0.2) is 8.80 Å². The minimum atomic E-state index is -0.147. The molecule has 4 aromatic heterocycles. The van der Waals surface area contributed by atoms with Crippen molar-refractivity contribution in [3.63, 3.8) is 0 Å². The van der Waals surface area contributed by atoms with E-state index in [0.717, 1.165) is 0 Å². The summed E-state index contributed by atoms with van der Waals surface area (Å²) in [6.45, 7) is 38.0. The van der Waals surface area contributed by atoms with E-state index in [0.29, 0.717) is 0 Å². The zero-order valence-corrected chi connectivity index (χ0v) is 45.4. The Hall–Kier alpha value is -6.90. The summed E-state index contributed by atoms with van der Waals surface area (Å²) in [5.74, 6) is 0. The van der Waals surface area contributed by atoms with Crippen LogP contribution in [0.5, 0.6) is 0 Å².